The molecule has 1 fully saturated rings. The summed E-state index contributed by atoms with van der Waals surface area (Å²) in [6, 6.07) is 8.06. The number of likely N-dealkylation sites (N-methyl/N-ethyl adjacent to an activating group) is 1. The summed E-state index contributed by atoms with van der Waals surface area (Å²) in [6.07, 6.45) is 0.585. The predicted octanol–water partition coefficient (Wildman–Crippen LogP) is 1.32. The molecule has 1 aromatic rings. The maximum Gasteiger partial charge on any atom is 0.250 e. The Morgan fingerprint density at radius 3 is 2.82 bits per heavy atom. The number of carbonyl (C=O) groups excluding carboxylic acids is 1. The van der Waals surface area contributed by atoms with Gasteiger partial charge in [0.05, 0.1) is 13.7 Å². The van der Waals surface area contributed by atoms with Gasteiger partial charge in [-0.1, -0.05) is 19.1 Å². The number of amides is 1. The van der Waals surface area contributed by atoms with Gasteiger partial charge in [-0.25, -0.2) is 0 Å². The lowest BCUT2D eigenvalue weighted by atomic mass is 10.0. The average Bonchev–Trinajstić information content (AvgIpc) is 2.53. The molecule has 1 saturated heterocycles. The van der Waals surface area contributed by atoms with Crippen molar-refractivity contribution in [2.45, 2.75) is 19.4 Å². The molecule has 0 bridgehead atoms. The number of nitrogens with zero attached hydrogens (tertiary/aromatic N) is 1. The Labute approximate surface area is 132 Å². The quantitative estimate of drug-likeness (QED) is 0.861. The summed E-state index contributed by atoms with van der Waals surface area (Å²) < 4.78 is 10.7. The fraction of sp³-hybridized carbons (Fsp3) is 0.588. The van der Waals surface area contributed by atoms with Crippen molar-refractivity contribution in [3.05, 3.63) is 29.8 Å². The van der Waals surface area contributed by atoms with Crippen molar-refractivity contribution in [3.63, 3.8) is 0 Å². The molecule has 1 aliphatic heterocycles. The minimum absolute atomic E-state index is 0.00636. The van der Waals surface area contributed by atoms with Gasteiger partial charge in [-0.15, -0.1) is 0 Å². The Bertz CT molecular complexity index is 475. The molecule has 0 radical (unpaired) electrons. The van der Waals surface area contributed by atoms with E-state index in [2.05, 4.69) is 29.3 Å². The molecule has 22 heavy (non-hydrogen) atoms. The molecule has 5 nitrogen and oxygen atoms in total. The first-order valence-corrected chi connectivity index (χ1v) is 7.79. The number of ether oxygens (including phenoxy) is 2. The van der Waals surface area contributed by atoms with E-state index in [0.717, 1.165) is 18.7 Å². The molecule has 1 aliphatic rings. The normalized spacial score (nSPS) is 20.4. The summed E-state index contributed by atoms with van der Waals surface area (Å²) in [6.45, 7) is 4.97. The van der Waals surface area contributed by atoms with Crippen LogP contribution in [0.3, 0.4) is 0 Å². The van der Waals surface area contributed by atoms with Crippen molar-refractivity contribution in [2.75, 3.05) is 40.4 Å². The highest BCUT2D eigenvalue weighted by Crippen LogP contribution is 2.14. The topological polar surface area (TPSA) is 50.8 Å². The van der Waals surface area contributed by atoms with Gasteiger partial charge in [0.1, 0.15) is 11.9 Å². The minimum atomic E-state index is -0.341. The fourth-order valence-corrected chi connectivity index (χ4v) is 2.56. The summed E-state index contributed by atoms with van der Waals surface area (Å²) >= 11 is 0. The van der Waals surface area contributed by atoms with E-state index in [4.69, 9.17) is 9.47 Å². The van der Waals surface area contributed by atoms with Gasteiger partial charge in [0, 0.05) is 19.6 Å². The number of nitrogens with one attached hydrogen (secondary N) is 1. The van der Waals surface area contributed by atoms with E-state index in [9.17, 15) is 4.79 Å². The zero-order valence-corrected chi connectivity index (χ0v) is 13.7. The van der Waals surface area contributed by atoms with Gasteiger partial charge in [-0.2, -0.15) is 0 Å². The molecule has 0 aromatic heterocycles. The second kappa shape index (κ2) is 8.15. The van der Waals surface area contributed by atoms with Crippen LogP contribution in [-0.4, -0.2) is 57.3 Å². The molecule has 0 spiro atoms. The Hall–Kier alpha value is -1.59. The number of morpholine rings is 1. The third-order valence-electron chi connectivity index (χ3n) is 3.93. The van der Waals surface area contributed by atoms with Gasteiger partial charge < -0.3 is 19.7 Å². The van der Waals surface area contributed by atoms with Crippen molar-refractivity contribution in [1.29, 1.82) is 0 Å². The molecule has 0 saturated carbocycles. The Balaban J connectivity index is 1.74. The highest BCUT2D eigenvalue weighted by Gasteiger charge is 2.24. The number of rotatable bonds is 6. The van der Waals surface area contributed by atoms with Crippen LogP contribution >= 0.6 is 0 Å². The second-order valence-corrected chi connectivity index (χ2v) is 6.02. The van der Waals surface area contributed by atoms with Crippen LogP contribution < -0.4 is 10.1 Å². The molecule has 2 rings (SSSR count). The lowest BCUT2D eigenvalue weighted by Gasteiger charge is -2.29. The number of hydrogen-bond acceptors (Lipinski definition) is 4. The van der Waals surface area contributed by atoms with Crippen LogP contribution in [0.15, 0.2) is 24.3 Å². The first-order chi connectivity index (χ1) is 10.6. The molecular formula is C17H26N2O3. The molecule has 122 valence electrons. The summed E-state index contributed by atoms with van der Waals surface area (Å²) in [4.78, 5) is 14.2. The van der Waals surface area contributed by atoms with Crippen LogP contribution in [-0.2, 0) is 16.0 Å². The van der Waals surface area contributed by atoms with Gasteiger partial charge in [0.2, 0.25) is 5.91 Å². The molecule has 0 unspecified atom stereocenters. The lowest BCUT2D eigenvalue weighted by molar-refractivity contribution is -0.137. The van der Waals surface area contributed by atoms with Crippen molar-refractivity contribution in [2.24, 2.45) is 5.92 Å². The highest BCUT2D eigenvalue weighted by molar-refractivity contribution is 5.81. The number of methoxy groups -OCH3 is 1. The summed E-state index contributed by atoms with van der Waals surface area (Å²) in [5, 5.41) is 3.00. The van der Waals surface area contributed by atoms with Crippen LogP contribution in [0, 0.1) is 5.92 Å². The predicted molar refractivity (Wildman–Crippen MR) is 86.1 cm³/mol. The molecule has 0 aliphatic carbocycles. The third kappa shape index (κ3) is 5.00. The molecule has 2 atom stereocenters. The summed E-state index contributed by atoms with van der Waals surface area (Å²) in [5.74, 6) is 1.23. The van der Waals surface area contributed by atoms with Crippen molar-refractivity contribution < 1.29 is 14.3 Å². The second-order valence-electron chi connectivity index (χ2n) is 6.02. The van der Waals surface area contributed by atoms with E-state index in [1.54, 1.807) is 7.11 Å². The number of carbonyl (C=O) groups is 1. The lowest BCUT2D eigenvalue weighted by Crippen LogP contribution is -2.49. The molecule has 5 heteroatoms. The van der Waals surface area contributed by atoms with E-state index in [1.807, 2.05) is 19.2 Å². The van der Waals surface area contributed by atoms with Gasteiger partial charge >= 0.3 is 0 Å². The van der Waals surface area contributed by atoms with Gasteiger partial charge in [-0.05, 0) is 37.1 Å². The average molecular weight is 306 g/mol. The van der Waals surface area contributed by atoms with Crippen LogP contribution in [0.1, 0.15) is 12.5 Å². The van der Waals surface area contributed by atoms with Crippen LogP contribution in [0.2, 0.25) is 0 Å². The van der Waals surface area contributed by atoms with Crippen LogP contribution in [0.25, 0.3) is 0 Å². The molecule has 1 aromatic carbocycles. The molecule has 1 N–H and O–H groups in total. The van der Waals surface area contributed by atoms with Gasteiger partial charge in [-0.3, -0.25) is 4.79 Å². The maximum atomic E-state index is 12.1. The first-order valence-electron chi connectivity index (χ1n) is 7.79. The molecular weight excluding hydrogens is 280 g/mol. The largest absolute Gasteiger partial charge is 0.497 e. The van der Waals surface area contributed by atoms with E-state index in [1.165, 1.54) is 5.56 Å². The fourth-order valence-electron chi connectivity index (χ4n) is 2.56. The van der Waals surface area contributed by atoms with Crippen molar-refractivity contribution in [3.8, 4) is 5.75 Å². The van der Waals surface area contributed by atoms with Crippen molar-refractivity contribution in [1.82, 2.24) is 10.2 Å². The number of hydrogen-bond donors (Lipinski definition) is 1. The van der Waals surface area contributed by atoms with Crippen LogP contribution in [0.5, 0.6) is 5.75 Å². The minimum Gasteiger partial charge on any atom is -0.497 e. The summed E-state index contributed by atoms with van der Waals surface area (Å²) in [7, 11) is 3.67. The number of benzene rings is 1. The van der Waals surface area contributed by atoms with E-state index in [0.29, 0.717) is 25.6 Å². The van der Waals surface area contributed by atoms with Crippen LogP contribution in [0.4, 0.5) is 0 Å². The van der Waals surface area contributed by atoms with Gasteiger partial charge in [0.25, 0.3) is 0 Å². The first kappa shape index (κ1) is 16.8. The Morgan fingerprint density at radius 2 is 2.18 bits per heavy atom. The highest BCUT2D eigenvalue weighted by atomic mass is 16.5. The Kier molecular flexibility index (Phi) is 6.21. The smallest absolute Gasteiger partial charge is 0.250 e. The zero-order chi connectivity index (χ0) is 15.9. The monoisotopic (exact) mass is 306 g/mol. The molecule has 1 amide bonds. The zero-order valence-electron chi connectivity index (χ0n) is 13.7. The molecule has 1 heterocycles. The Morgan fingerprint density at radius 1 is 1.45 bits per heavy atom. The SMILES string of the molecule is COc1ccc(C[C@H](C)CNC(=O)[C@@H]2CN(C)CCO2)cc1. The third-order valence-corrected chi connectivity index (χ3v) is 3.93. The van der Waals surface area contributed by atoms with E-state index in [-0.39, 0.29) is 12.0 Å². The van der Waals surface area contributed by atoms with E-state index < -0.39 is 0 Å². The standard InChI is InChI=1S/C17H26N2O3/c1-13(10-14-4-6-15(21-3)7-5-14)11-18-17(20)16-12-19(2)8-9-22-16/h4-7,13,16H,8-12H2,1-3H3,(H,18,20)/t13-,16-/m0/s1. The van der Waals surface area contributed by atoms with E-state index >= 15 is 0 Å². The maximum absolute atomic E-state index is 12.1. The van der Waals surface area contributed by atoms with Crippen molar-refractivity contribution >= 4 is 5.91 Å². The summed E-state index contributed by atoms with van der Waals surface area (Å²) in [5.41, 5.74) is 1.25. The van der Waals surface area contributed by atoms with Gasteiger partial charge in [0.15, 0.2) is 0 Å².